The van der Waals surface area contributed by atoms with Crippen LogP contribution in [0.3, 0.4) is 0 Å². The lowest BCUT2D eigenvalue weighted by atomic mass is 9.85. The van der Waals surface area contributed by atoms with Crippen LogP contribution in [0.1, 0.15) is 41.5 Å². The van der Waals surface area contributed by atoms with Crippen LogP contribution in [-0.4, -0.2) is 108 Å². The van der Waals surface area contributed by atoms with Crippen LogP contribution in [-0.2, 0) is 18.9 Å². The van der Waals surface area contributed by atoms with Crippen LogP contribution in [0.2, 0.25) is 0 Å². The number of fused-ring (bicyclic) bond motifs is 4. The molecule has 0 saturated carbocycles. The SMILES string of the molecule is CC(C)(C)OC(=O)N1CC2COCC(C1)C2O.CC(C)(C)OC(=O)N1CC2COCC(C1)C2O. The maximum Gasteiger partial charge on any atom is 0.410 e. The van der Waals surface area contributed by atoms with Crippen LogP contribution in [0.25, 0.3) is 0 Å². The lowest BCUT2D eigenvalue weighted by Gasteiger charge is -2.44. The number of carbonyl (C=O) groups is 2. The van der Waals surface area contributed by atoms with Gasteiger partial charge in [-0.15, -0.1) is 0 Å². The first-order valence-electron chi connectivity index (χ1n) is 12.2. The first-order valence-corrected chi connectivity index (χ1v) is 12.2. The van der Waals surface area contributed by atoms with Gasteiger partial charge in [-0.1, -0.05) is 0 Å². The quantitative estimate of drug-likeness (QED) is 0.532. The number of piperidine rings is 2. The topological polar surface area (TPSA) is 118 Å². The van der Waals surface area contributed by atoms with Crippen LogP contribution in [0.15, 0.2) is 0 Å². The zero-order valence-electron chi connectivity index (χ0n) is 21.4. The Hall–Kier alpha value is -1.62. The molecule has 10 heteroatoms. The highest BCUT2D eigenvalue weighted by atomic mass is 16.6. The van der Waals surface area contributed by atoms with Crippen molar-refractivity contribution in [2.45, 2.75) is 65.0 Å². The fourth-order valence-electron chi connectivity index (χ4n) is 4.78. The summed E-state index contributed by atoms with van der Waals surface area (Å²) in [6.07, 6.45) is -1.27. The molecular formula is C24H42N2O8. The van der Waals surface area contributed by atoms with Gasteiger partial charge in [0.25, 0.3) is 0 Å². The van der Waals surface area contributed by atoms with E-state index < -0.39 is 11.2 Å². The number of aliphatic hydroxyl groups excluding tert-OH is 2. The molecule has 4 heterocycles. The number of likely N-dealkylation sites (tertiary alicyclic amines) is 2. The molecule has 4 unspecified atom stereocenters. The number of aliphatic hydroxyl groups is 2. The van der Waals surface area contributed by atoms with E-state index in [9.17, 15) is 19.8 Å². The molecule has 0 spiro atoms. The van der Waals surface area contributed by atoms with Gasteiger partial charge in [0.15, 0.2) is 0 Å². The molecular weight excluding hydrogens is 444 g/mol. The zero-order valence-corrected chi connectivity index (χ0v) is 21.4. The summed E-state index contributed by atoms with van der Waals surface area (Å²) < 4.78 is 21.5. The molecule has 34 heavy (non-hydrogen) atoms. The molecule has 10 nitrogen and oxygen atoms in total. The van der Waals surface area contributed by atoms with Gasteiger partial charge in [-0.05, 0) is 41.5 Å². The first kappa shape index (κ1) is 27.0. The van der Waals surface area contributed by atoms with E-state index in [-0.39, 0.29) is 48.1 Å². The number of hydrogen-bond donors (Lipinski definition) is 2. The lowest BCUT2D eigenvalue weighted by Crippen LogP contribution is -2.57. The van der Waals surface area contributed by atoms with E-state index in [1.165, 1.54) is 0 Å². The molecule has 0 aromatic carbocycles. The summed E-state index contributed by atoms with van der Waals surface area (Å²) in [7, 11) is 0. The van der Waals surface area contributed by atoms with Crippen molar-refractivity contribution >= 4 is 12.2 Å². The molecule has 4 aliphatic rings. The van der Waals surface area contributed by atoms with Gasteiger partial charge >= 0.3 is 12.2 Å². The Morgan fingerprint density at radius 1 is 0.647 bits per heavy atom. The number of amides is 2. The maximum atomic E-state index is 11.9. The molecule has 196 valence electrons. The Morgan fingerprint density at radius 3 is 1.15 bits per heavy atom. The van der Waals surface area contributed by atoms with Gasteiger partial charge < -0.3 is 39.0 Å². The second-order valence-electron chi connectivity index (χ2n) is 11.9. The molecule has 0 aromatic rings. The normalized spacial score (nSPS) is 33.4. The van der Waals surface area contributed by atoms with Crippen molar-refractivity contribution in [3.8, 4) is 0 Å². The van der Waals surface area contributed by atoms with Crippen molar-refractivity contribution in [3.05, 3.63) is 0 Å². The third-order valence-corrected chi connectivity index (χ3v) is 6.38. The minimum atomic E-state index is -0.473. The lowest BCUT2D eigenvalue weighted by molar-refractivity contribution is -0.122. The second-order valence-corrected chi connectivity index (χ2v) is 11.9. The largest absolute Gasteiger partial charge is 0.444 e. The van der Waals surface area contributed by atoms with Crippen molar-refractivity contribution in [2.24, 2.45) is 23.7 Å². The summed E-state index contributed by atoms with van der Waals surface area (Å²) in [6.45, 7) is 15.3. The molecule has 2 N–H and O–H groups in total. The summed E-state index contributed by atoms with van der Waals surface area (Å²) in [4.78, 5) is 27.2. The van der Waals surface area contributed by atoms with Crippen molar-refractivity contribution in [1.29, 1.82) is 0 Å². The summed E-state index contributed by atoms with van der Waals surface area (Å²) in [5.41, 5.74) is -0.947. The van der Waals surface area contributed by atoms with Crippen molar-refractivity contribution in [1.82, 2.24) is 9.80 Å². The molecule has 4 aliphatic heterocycles. The third-order valence-electron chi connectivity index (χ3n) is 6.38. The molecule has 4 fully saturated rings. The average molecular weight is 487 g/mol. The number of nitrogens with zero attached hydrogens (tertiary/aromatic N) is 2. The molecule has 4 saturated heterocycles. The van der Waals surface area contributed by atoms with Crippen molar-refractivity contribution in [2.75, 3.05) is 52.6 Å². The van der Waals surface area contributed by atoms with Gasteiger partial charge in [-0.25, -0.2) is 9.59 Å². The highest BCUT2D eigenvalue weighted by Crippen LogP contribution is 2.29. The van der Waals surface area contributed by atoms with Gasteiger partial charge in [0.05, 0.1) is 38.6 Å². The second kappa shape index (κ2) is 10.6. The summed E-state index contributed by atoms with van der Waals surface area (Å²) >= 11 is 0. The summed E-state index contributed by atoms with van der Waals surface area (Å²) in [5.74, 6) is 0.0927. The Morgan fingerprint density at radius 2 is 0.912 bits per heavy atom. The van der Waals surface area contributed by atoms with Crippen molar-refractivity contribution < 1.29 is 38.7 Å². The van der Waals surface area contributed by atoms with E-state index >= 15 is 0 Å². The summed E-state index contributed by atoms with van der Waals surface area (Å²) in [6, 6.07) is 0. The van der Waals surface area contributed by atoms with Crippen molar-refractivity contribution in [3.63, 3.8) is 0 Å². The van der Waals surface area contributed by atoms with E-state index in [1.54, 1.807) is 9.80 Å². The maximum absolute atomic E-state index is 11.9. The van der Waals surface area contributed by atoms with Crippen LogP contribution >= 0.6 is 0 Å². The minimum Gasteiger partial charge on any atom is -0.444 e. The predicted molar refractivity (Wildman–Crippen MR) is 123 cm³/mol. The van der Waals surface area contributed by atoms with Gasteiger partial charge in [-0.3, -0.25) is 0 Å². The number of hydrogen-bond acceptors (Lipinski definition) is 8. The standard InChI is InChI=1S/2C12H21NO4/c2*1-12(2,3)17-11(15)13-4-8-6-16-7-9(5-13)10(8)14/h2*8-10,14H,4-7H2,1-3H3. The number of ether oxygens (including phenoxy) is 4. The first-order chi connectivity index (χ1) is 15.7. The Bertz CT molecular complexity index is 631. The van der Waals surface area contributed by atoms with Gasteiger partial charge in [0.1, 0.15) is 11.2 Å². The molecule has 4 rings (SSSR count). The third kappa shape index (κ3) is 7.19. The van der Waals surface area contributed by atoms with Crippen LogP contribution in [0.5, 0.6) is 0 Å². The molecule has 4 atom stereocenters. The van der Waals surface area contributed by atoms with E-state index in [4.69, 9.17) is 18.9 Å². The van der Waals surface area contributed by atoms with E-state index in [2.05, 4.69) is 0 Å². The van der Waals surface area contributed by atoms with Crippen LogP contribution in [0, 0.1) is 23.7 Å². The predicted octanol–water partition coefficient (Wildman–Crippen LogP) is 1.72. The van der Waals surface area contributed by atoms with E-state index in [0.29, 0.717) is 52.6 Å². The zero-order chi connectivity index (χ0) is 25.3. The molecule has 4 bridgehead atoms. The Balaban J connectivity index is 0.000000191. The van der Waals surface area contributed by atoms with E-state index in [1.807, 2.05) is 41.5 Å². The van der Waals surface area contributed by atoms with Gasteiger partial charge in [0, 0.05) is 49.9 Å². The molecule has 0 aromatic heterocycles. The van der Waals surface area contributed by atoms with Gasteiger partial charge in [-0.2, -0.15) is 0 Å². The fourth-order valence-corrected chi connectivity index (χ4v) is 4.78. The average Bonchev–Trinajstić information content (AvgIpc) is 2.65. The highest BCUT2D eigenvalue weighted by Gasteiger charge is 2.42. The van der Waals surface area contributed by atoms with Gasteiger partial charge in [0.2, 0.25) is 0 Å². The number of carbonyl (C=O) groups excluding carboxylic acids is 2. The van der Waals surface area contributed by atoms with E-state index in [0.717, 1.165) is 0 Å². The molecule has 2 amide bonds. The Labute approximate surface area is 202 Å². The molecule has 0 aliphatic carbocycles. The minimum absolute atomic E-state index is 0.0232. The monoisotopic (exact) mass is 486 g/mol. The number of rotatable bonds is 0. The smallest absolute Gasteiger partial charge is 0.410 e. The van der Waals surface area contributed by atoms with Crippen LogP contribution < -0.4 is 0 Å². The highest BCUT2D eigenvalue weighted by molar-refractivity contribution is 5.68. The summed E-state index contributed by atoms with van der Waals surface area (Å²) in [5, 5.41) is 19.9. The Kier molecular flexibility index (Phi) is 8.38. The molecule has 0 radical (unpaired) electrons. The van der Waals surface area contributed by atoms with Crippen LogP contribution in [0.4, 0.5) is 9.59 Å². The fraction of sp³-hybridized carbons (Fsp3) is 0.917.